The van der Waals surface area contributed by atoms with Crippen molar-refractivity contribution in [3.05, 3.63) is 52.8 Å². The molecule has 0 atom stereocenters. The van der Waals surface area contributed by atoms with E-state index in [2.05, 4.69) is 10.2 Å². The average Bonchev–Trinajstić information content (AvgIpc) is 2.86. The molecule has 0 aliphatic carbocycles. The van der Waals surface area contributed by atoms with Gasteiger partial charge in [0.1, 0.15) is 0 Å². The Bertz CT molecular complexity index is 721. The second kappa shape index (κ2) is 3.58. The number of fused-ring (bicyclic) bond motifs is 1. The minimum atomic E-state index is -0.147. The number of aromatic nitrogens is 5. The predicted molar refractivity (Wildman–Crippen MR) is 61.8 cm³/mol. The van der Waals surface area contributed by atoms with Crippen LogP contribution >= 0.6 is 0 Å². The third-order valence-electron chi connectivity index (χ3n) is 2.57. The fraction of sp³-hybridized carbons (Fsp3) is 0.182. The number of rotatable bonds is 2. The van der Waals surface area contributed by atoms with Crippen molar-refractivity contribution >= 4 is 5.65 Å². The van der Waals surface area contributed by atoms with Crippen LogP contribution in [0.5, 0.6) is 0 Å². The average molecular weight is 229 g/mol. The maximum atomic E-state index is 12.0. The molecule has 0 spiro atoms. The Balaban J connectivity index is 2.06. The lowest BCUT2D eigenvalue weighted by atomic mass is 10.4. The topological polar surface area (TPSA) is 57.1 Å². The monoisotopic (exact) mass is 229 g/mol. The Hall–Kier alpha value is -2.37. The lowest BCUT2D eigenvalue weighted by Gasteiger charge is -1.93. The van der Waals surface area contributed by atoms with Crippen LogP contribution in [0.2, 0.25) is 0 Å². The molecular formula is C11H11N5O. The van der Waals surface area contributed by atoms with Crippen molar-refractivity contribution in [2.24, 2.45) is 7.05 Å². The van der Waals surface area contributed by atoms with Gasteiger partial charge in [0, 0.05) is 19.4 Å². The van der Waals surface area contributed by atoms with Gasteiger partial charge >= 0.3 is 5.69 Å². The Morgan fingerprint density at radius 2 is 2.06 bits per heavy atom. The van der Waals surface area contributed by atoms with E-state index in [-0.39, 0.29) is 5.69 Å². The maximum Gasteiger partial charge on any atom is 0.350 e. The van der Waals surface area contributed by atoms with E-state index in [0.29, 0.717) is 12.2 Å². The zero-order valence-electron chi connectivity index (χ0n) is 9.32. The highest BCUT2D eigenvalue weighted by Crippen LogP contribution is 1.99. The molecule has 3 aromatic heterocycles. The Morgan fingerprint density at radius 1 is 1.18 bits per heavy atom. The van der Waals surface area contributed by atoms with E-state index in [0.717, 1.165) is 5.69 Å². The van der Waals surface area contributed by atoms with Crippen molar-refractivity contribution in [2.45, 2.75) is 6.54 Å². The molecule has 86 valence electrons. The largest absolute Gasteiger partial charge is 0.350 e. The van der Waals surface area contributed by atoms with E-state index >= 15 is 0 Å². The van der Waals surface area contributed by atoms with Crippen molar-refractivity contribution in [2.75, 3.05) is 0 Å². The Kier molecular flexibility index (Phi) is 2.07. The second-order valence-electron chi connectivity index (χ2n) is 3.85. The maximum absolute atomic E-state index is 12.0. The van der Waals surface area contributed by atoms with Gasteiger partial charge in [-0.15, -0.1) is 5.10 Å². The van der Waals surface area contributed by atoms with Crippen LogP contribution in [0.15, 0.2) is 41.5 Å². The van der Waals surface area contributed by atoms with E-state index in [1.807, 2.05) is 25.4 Å². The van der Waals surface area contributed by atoms with Crippen molar-refractivity contribution in [3.63, 3.8) is 0 Å². The van der Waals surface area contributed by atoms with E-state index in [9.17, 15) is 4.79 Å². The summed E-state index contributed by atoms with van der Waals surface area (Å²) in [5, 5.41) is 8.46. The molecule has 0 bridgehead atoms. The molecule has 6 heteroatoms. The third kappa shape index (κ3) is 1.63. The normalized spacial score (nSPS) is 11.1. The smallest absolute Gasteiger partial charge is 0.275 e. The molecule has 17 heavy (non-hydrogen) atoms. The van der Waals surface area contributed by atoms with Crippen LogP contribution in [0.3, 0.4) is 0 Å². The molecule has 0 N–H and O–H groups in total. The molecule has 3 aromatic rings. The second-order valence-corrected chi connectivity index (χ2v) is 3.85. The number of aryl methyl sites for hydroxylation is 1. The summed E-state index contributed by atoms with van der Waals surface area (Å²) < 4.78 is 4.64. The van der Waals surface area contributed by atoms with Gasteiger partial charge < -0.3 is 0 Å². The van der Waals surface area contributed by atoms with Crippen LogP contribution in [0.1, 0.15) is 5.69 Å². The molecule has 0 saturated carbocycles. The molecule has 3 rings (SSSR count). The van der Waals surface area contributed by atoms with Crippen LogP contribution < -0.4 is 5.69 Å². The summed E-state index contributed by atoms with van der Waals surface area (Å²) in [6, 6.07) is 7.33. The van der Waals surface area contributed by atoms with Gasteiger partial charge in [-0.1, -0.05) is 6.07 Å². The minimum absolute atomic E-state index is 0.147. The number of nitrogens with zero attached hydrogens (tertiary/aromatic N) is 5. The molecule has 0 radical (unpaired) electrons. The highest BCUT2D eigenvalue weighted by Gasteiger charge is 2.07. The molecule has 0 fully saturated rings. The first kappa shape index (κ1) is 9.83. The Morgan fingerprint density at radius 3 is 2.76 bits per heavy atom. The van der Waals surface area contributed by atoms with Gasteiger partial charge in [-0.3, -0.25) is 9.08 Å². The molecular weight excluding hydrogens is 218 g/mol. The van der Waals surface area contributed by atoms with E-state index in [1.165, 1.54) is 9.08 Å². The summed E-state index contributed by atoms with van der Waals surface area (Å²) in [6.45, 7) is 0.390. The van der Waals surface area contributed by atoms with Crippen molar-refractivity contribution < 1.29 is 0 Å². The predicted octanol–water partition coefficient (Wildman–Crippen LogP) is 0.278. The van der Waals surface area contributed by atoms with Crippen LogP contribution in [-0.2, 0) is 13.6 Å². The van der Waals surface area contributed by atoms with Crippen molar-refractivity contribution in [3.8, 4) is 0 Å². The first-order chi connectivity index (χ1) is 8.24. The fourth-order valence-electron chi connectivity index (χ4n) is 1.77. The lowest BCUT2D eigenvalue weighted by Crippen LogP contribution is -2.21. The van der Waals surface area contributed by atoms with Gasteiger partial charge in [0.25, 0.3) is 0 Å². The van der Waals surface area contributed by atoms with Gasteiger partial charge in [-0.2, -0.15) is 5.10 Å². The summed E-state index contributed by atoms with van der Waals surface area (Å²) in [5.74, 6) is 0. The summed E-state index contributed by atoms with van der Waals surface area (Å²) >= 11 is 0. The highest BCUT2D eigenvalue weighted by molar-refractivity contribution is 5.35. The lowest BCUT2D eigenvalue weighted by molar-refractivity contribution is 0.630. The van der Waals surface area contributed by atoms with Crippen LogP contribution in [0, 0.1) is 0 Å². The molecule has 3 heterocycles. The number of pyridine rings is 1. The third-order valence-corrected chi connectivity index (χ3v) is 2.57. The molecule has 0 amide bonds. The SMILES string of the molecule is Cn1ccc(Cn2nc3ccccn3c2=O)n1. The zero-order valence-corrected chi connectivity index (χ0v) is 9.32. The molecule has 6 nitrogen and oxygen atoms in total. The van der Waals surface area contributed by atoms with Gasteiger partial charge in [0.2, 0.25) is 0 Å². The van der Waals surface area contributed by atoms with Crippen LogP contribution in [0.4, 0.5) is 0 Å². The van der Waals surface area contributed by atoms with E-state index < -0.39 is 0 Å². The quantitative estimate of drug-likeness (QED) is 0.634. The Labute approximate surface area is 96.7 Å². The highest BCUT2D eigenvalue weighted by atomic mass is 16.2. The molecule has 0 aromatic carbocycles. The molecule has 0 unspecified atom stereocenters. The first-order valence-electron chi connectivity index (χ1n) is 5.27. The summed E-state index contributed by atoms with van der Waals surface area (Å²) in [7, 11) is 1.84. The van der Waals surface area contributed by atoms with E-state index in [1.54, 1.807) is 23.0 Å². The summed E-state index contributed by atoms with van der Waals surface area (Å²) in [6.07, 6.45) is 3.55. The number of hydrogen-bond donors (Lipinski definition) is 0. The van der Waals surface area contributed by atoms with Gasteiger partial charge in [0.15, 0.2) is 5.65 Å². The minimum Gasteiger partial charge on any atom is -0.275 e. The fourth-order valence-corrected chi connectivity index (χ4v) is 1.77. The zero-order chi connectivity index (χ0) is 11.8. The molecule has 0 aliphatic heterocycles. The first-order valence-corrected chi connectivity index (χ1v) is 5.27. The van der Waals surface area contributed by atoms with Gasteiger partial charge in [0.05, 0.1) is 12.2 Å². The van der Waals surface area contributed by atoms with Crippen LogP contribution in [0.25, 0.3) is 5.65 Å². The number of hydrogen-bond acceptors (Lipinski definition) is 3. The van der Waals surface area contributed by atoms with Gasteiger partial charge in [-0.05, 0) is 18.2 Å². The van der Waals surface area contributed by atoms with Gasteiger partial charge in [-0.25, -0.2) is 9.48 Å². The molecule has 0 aliphatic rings. The molecule has 0 saturated heterocycles. The summed E-state index contributed by atoms with van der Waals surface area (Å²) in [4.78, 5) is 12.0. The van der Waals surface area contributed by atoms with Crippen LogP contribution in [-0.4, -0.2) is 24.0 Å². The standard InChI is InChI=1S/C11H11N5O/c1-14-7-5-9(12-14)8-16-11(17)15-6-3-2-4-10(15)13-16/h2-7H,8H2,1H3. The summed E-state index contributed by atoms with van der Waals surface area (Å²) in [5.41, 5.74) is 1.32. The van der Waals surface area contributed by atoms with E-state index in [4.69, 9.17) is 0 Å². The van der Waals surface area contributed by atoms with Crippen molar-refractivity contribution in [1.29, 1.82) is 0 Å². The van der Waals surface area contributed by atoms with Crippen molar-refractivity contribution in [1.82, 2.24) is 24.0 Å².